The first-order valence-electron chi connectivity index (χ1n) is 5.78. The summed E-state index contributed by atoms with van der Waals surface area (Å²) >= 11 is 0. The molecular formula is C14H22O. The summed E-state index contributed by atoms with van der Waals surface area (Å²) in [6.45, 7) is 8.72. The average Bonchev–Trinajstić information content (AvgIpc) is 2.28. The van der Waals surface area contributed by atoms with Crippen molar-refractivity contribution in [1.29, 1.82) is 0 Å². The standard InChI is InChI=1S/C14H22O/c1-5-11-7-8-13(9-12(11)6-2)14(3,4)10-15/h7-9,15H,5-6,10H2,1-4H3. The number of hydrogen-bond donors (Lipinski definition) is 1. The van der Waals surface area contributed by atoms with E-state index in [1.54, 1.807) is 0 Å². The summed E-state index contributed by atoms with van der Waals surface area (Å²) in [4.78, 5) is 0. The van der Waals surface area contributed by atoms with Crippen LogP contribution >= 0.6 is 0 Å². The van der Waals surface area contributed by atoms with Gasteiger partial charge in [0.2, 0.25) is 0 Å². The third-order valence-electron chi connectivity index (χ3n) is 3.14. The molecule has 0 amide bonds. The Kier molecular flexibility index (Phi) is 3.92. The van der Waals surface area contributed by atoms with Crippen LogP contribution in [0.15, 0.2) is 18.2 Å². The van der Waals surface area contributed by atoms with Gasteiger partial charge in [0.25, 0.3) is 0 Å². The second-order valence-corrected chi connectivity index (χ2v) is 4.73. The molecule has 0 fully saturated rings. The lowest BCUT2D eigenvalue weighted by molar-refractivity contribution is 0.218. The number of hydrogen-bond acceptors (Lipinski definition) is 1. The molecule has 1 N–H and O–H groups in total. The van der Waals surface area contributed by atoms with Gasteiger partial charge >= 0.3 is 0 Å². The van der Waals surface area contributed by atoms with Gasteiger partial charge in [-0.05, 0) is 29.5 Å². The maximum Gasteiger partial charge on any atom is 0.0522 e. The van der Waals surface area contributed by atoms with E-state index < -0.39 is 0 Å². The minimum absolute atomic E-state index is 0.129. The molecule has 15 heavy (non-hydrogen) atoms. The van der Waals surface area contributed by atoms with Crippen LogP contribution in [0.25, 0.3) is 0 Å². The molecule has 0 spiro atoms. The lowest BCUT2D eigenvalue weighted by Crippen LogP contribution is -2.22. The number of rotatable bonds is 4. The number of aliphatic hydroxyl groups excluding tert-OH is 1. The molecule has 0 saturated heterocycles. The van der Waals surface area contributed by atoms with E-state index in [0.717, 1.165) is 12.8 Å². The van der Waals surface area contributed by atoms with Gasteiger partial charge in [0.05, 0.1) is 6.61 Å². The second-order valence-electron chi connectivity index (χ2n) is 4.73. The molecule has 0 aliphatic carbocycles. The zero-order valence-electron chi connectivity index (χ0n) is 10.3. The fourth-order valence-electron chi connectivity index (χ4n) is 1.81. The Bertz CT molecular complexity index is 326. The number of aryl methyl sites for hydroxylation is 2. The summed E-state index contributed by atoms with van der Waals surface area (Å²) in [5.74, 6) is 0. The highest BCUT2D eigenvalue weighted by molar-refractivity contribution is 5.35. The minimum atomic E-state index is -0.129. The molecule has 0 unspecified atom stereocenters. The zero-order valence-corrected chi connectivity index (χ0v) is 10.3. The van der Waals surface area contributed by atoms with E-state index in [0.29, 0.717) is 0 Å². The van der Waals surface area contributed by atoms with Crippen LogP contribution < -0.4 is 0 Å². The molecule has 0 atom stereocenters. The van der Waals surface area contributed by atoms with Crippen molar-refractivity contribution in [1.82, 2.24) is 0 Å². The molecule has 1 aromatic carbocycles. The lowest BCUT2D eigenvalue weighted by atomic mass is 9.83. The second kappa shape index (κ2) is 4.80. The Morgan fingerprint density at radius 1 is 1.07 bits per heavy atom. The lowest BCUT2D eigenvalue weighted by Gasteiger charge is -2.23. The minimum Gasteiger partial charge on any atom is -0.395 e. The van der Waals surface area contributed by atoms with Gasteiger partial charge < -0.3 is 5.11 Å². The van der Waals surface area contributed by atoms with Crippen molar-refractivity contribution in [2.75, 3.05) is 6.61 Å². The first-order valence-corrected chi connectivity index (χ1v) is 5.78. The summed E-state index contributed by atoms with van der Waals surface area (Å²) in [6, 6.07) is 6.59. The third-order valence-corrected chi connectivity index (χ3v) is 3.14. The fourth-order valence-corrected chi connectivity index (χ4v) is 1.81. The predicted molar refractivity (Wildman–Crippen MR) is 65.3 cm³/mol. The van der Waals surface area contributed by atoms with Gasteiger partial charge in [-0.1, -0.05) is 45.9 Å². The van der Waals surface area contributed by atoms with Crippen LogP contribution in [-0.2, 0) is 18.3 Å². The van der Waals surface area contributed by atoms with E-state index in [1.165, 1.54) is 16.7 Å². The Balaban J connectivity index is 3.13. The zero-order chi connectivity index (χ0) is 11.5. The highest BCUT2D eigenvalue weighted by atomic mass is 16.3. The van der Waals surface area contributed by atoms with Gasteiger partial charge in [-0.15, -0.1) is 0 Å². The summed E-state index contributed by atoms with van der Waals surface area (Å²) in [7, 11) is 0. The summed E-state index contributed by atoms with van der Waals surface area (Å²) in [6.07, 6.45) is 2.15. The average molecular weight is 206 g/mol. The van der Waals surface area contributed by atoms with E-state index in [9.17, 15) is 5.11 Å². The van der Waals surface area contributed by atoms with Gasteiger partial charge in [0, 0.05) is 5.41 Å². The molecule has 0 bridgehead atoms. The normalized spacial score (nSPS) is 11.8. The Labute approximate surface area is 93.1 Å². The van der Waals surface area contributed by atoms with Crippen molar-refractivity contribution in [3.63, 3.8) is 0 Å². The summed E-state index contributed by atoms with van der Waals surface area (Å²) < 4.78 is 0. The number of aliphatic hydroxyl groups is 1. The van der Waals surface area contributed by atoms with Gasteiger partial charge in [-0.3, -0.25) is 0 Å². The SMILES string of the molecule is CCc1ccc(C(C)(C)CO)cc1CC. The van der Waals surface area contributed by atoms with Crippen LogP contribution in [0.3, 0.4) is 0 Å². The molecule has 0 heterocycles. The van der Waals surface area contributed by atoms with E-state index in [2.05, 4.69) is 45.9 Å². The molecule has 1 heteroatoms. The quantitative estimate of drug-likeness (QED) is 0.802. The molecule has 0 saturated carbocycles. The topological polar surface area (TPSA) is 20.2 Å². The molecule has 0 aromatic heterocycles. The molecule has 1 aromatic rings. The van der Waals surface area contributed by atoms with Crippen molar-refractivity contribution in [2.45, 2.75) is 46.0 Å². The predicted octanol–water partition coefficient (Wildman–Crippen LogP) is 3.08. The van der Waals surface area contributed by atoms with Crippen LogP contribution in [0.2, 0.25) is 0 Å². The first-order chi connectivity index (χ1) is 7.05. The molecular weight excluding hydrogens is 184 g/mol. The fraction of sp³-hybridized carbons (Fsp3) is 0.571. The van der Waals surface area contributed by atoms with E-state index in [-0.39, 0.29) is 12.0 Å². The molecule has 1 rings (SSSR count). The van der Waals surface area contributed by atoms with Gasteiger partial charge in [0.1, 0.15) is 0 Å². The van der Waals surface area contributed by atoms with E-state index in [4.69, 9.17) is 0 Å². The van der Waals surface area contributed by atoms with E-state index in [1.807, 2.05) is 0 Å². The Hall–Kier alpha value is -0.820. The highest BCUT2D eigenvalue weighted by Gasteiger charge is 2.19. The van der Waals surface area contributed by atoms with Crippen LogP contribution in [0.5, 0.6) is 0 Å². The maximum atomic E-state index is 9.34. The highest BCUT2D eigenvalue weighted by Crippen LogP contribution is 2.25. The molecule has 0 aliphatic heterocycles. The maximum absolute atomic E-state index is 9.34. The monoisotopic (exact) mass is 206 g/mol. The van der Waals surface area contributed by atoms with Gasteiger partial charge in [0.15, 0.2) is 0 Å². The van der Waals surface area contributed by atoms with Crippen LogP contribution in [0.4, 0.5) is 0 Å². The summed E-state index contributed by atoms with van der Waals surface area (Å²) in [5, 5.41) is 9.34. The Morgan fingerprint density at radius 2 is 1.67 bits per heavy atom. The summed E-state index contributed by atoms with van der Waals surface area (Å²) in [5.41, 5.74) is 3.95. The third kappa shape index (κ3) is 2.60. The molecule has 84 valence electrons. The smallest absolute Gasteiger partial charge is 0.0522 e. The molecule has 0 radical (unpaired) electrons. The van der Waals surface area contributed by atoms with Crippen LogP contribution in [0.1, 0.15) is 44.4 Å². The molecule has 0 aliphatic rings. The van der Waals surface area contributed by atoms with Crippen molar-refractivity contribution in [3.8, 4) is 0 Å². The van der Waals surface area contributed by atoms with E-state index >= 15 is 0 Å². The largest absolute Gasteiger partial charge is 0.395 e. The van der Waals surface area contributed by atoms with Crippen molar-refractivity contribution >= 4 is 0 Å². The van der Waals surface area contributed by atoms with Crippen molar-refractivity contribution in [2.24, 2.45) is 0 Å². The van der Waals surface area contributed by atoms with Gasteiger partial charge in [-0.25, -0.2) is 0 Å². The molecule has 1 nitrogen and oxygen atoms in total. The van der Waals surface area contributed by atoms with Crippen molar-refractivity contribution < 1.29 is 5.11 Å². The Morgan fingerprint density at radius 3 is 2.13 bits per heavy atom. The van der Waals surface area contributed by atoms with Crippen molar-refractivity contribution in [3.05, 3.63) is 34.9 Å². The van der Waals surface area contributed by atoms with Crippen LogP contribution in [0, 0.1) is 0 Å². The van der Waals surface area contributed by atoms with Crippen LogP contribution in [-0.4, -0.2) is 11.7 Å². The first kappa shape index (κ1) is 12.3. The van der Waals surface area contributed by atoms with Gasteiger partial charge in [-0.2, -0.15) is 0 Å². The number of benzene rings is 1.